The molecule has 11 heteroatoms. The predicted molar refractivity (Wildman–Crippen MR) is 156 cm³/mol. The summed E-state index contributed by atoms with van der Waals surface area (Å²) < 4.78 is 17.5. The summed E-state index contributed by atoms with van der Waals surface area (Å²) in [5.41, 5.74) is 5.74. The number of rotatable bonds is 7. The van der Waals surface area contributed by atoms with Crippen LogP contribution in [0.5, 0.6) is 5.75 Å². The Morgan fingerprint density at radius 2 is 1.90 bits per heavy atom. The zero-order valence-electron chi connectivity index (χ0n) is 23.1. The summed E-state index contributed by atoms with van der Waals surface area (Å²) in [5, 5.41) is 13.4. The van der Waals surface area contributed by atoms with Crippen LogP contribution in [0, 0.1) is 11.3 Å². The zero-order chi connectivity index (χ0) is 27.8. The third kappa shape index (κ3) is 5.56. The molecule has 1 amide bonds. The molecule has 1 saturated heterocycles. The number of methoxy groups -OCH3 is 1. The van der Waals surface area contributed by atoms with Gasteiger partial charge in [0.25, 0.3) is 5.91 Å². The highest BCUT2D eigenvalue weighted by atomic mass is 35.5. The molecule has 2 fully saturated rings. The van der Waals surface area contributed by atoms with Crippen LogP contribution in [0.2, 0.25) is 0 Å². The summed E-state index contributed by atoms with van der Waals surface area (Å²) >= 11 is 0. The third-order valence-corrected chi connectivity index (χ3v) is 7.39. The highest BCUT2D eigenvalue weighted by Crippen LogP contribution is 2.47. The molecule has 4 aromatic rings. The van der Waals surface area contributed by atoms with Crippen LogP contribution in [0.3, 0.4) is 0 Å². The number of carbonyl (C=O) groups is 1. The molecule has 0 bridgehead atoms. The lowest BCUT2D eigenvalue weighted by molar-refractivity contribution is 0.0826. The molecule has 6 rings (SSSR count). The first-order chi connectivity index (χ1) is 19.5. The molecule has 4 aromatic heterocycles. The molecule has 1 saturated carbocycles. The van der Waals surface area contributed by atoms with Crippen molar-refractivity contribution < 1.29 is 18.7 Å². The minimum atomic E-state index is -0.172. The largest absolute Gasteiger partial charge is 0.494 e. The Hall–Kier alpha value is -4.20. The van der Waals surface area contributed by atoms with Gasteiger partial charge in [0.15, 0.2) is 17.0 Å². The number of carbonyl (C=O) groups excluding carboxylic acids is 1. The van der Waals surface area contributed by atoms with E-state index in [1.165, 1.54) is 18.2 Å². The second kappa shape index (κ2) is 11.7. The van der Waals surface area contributed by atoms with E-state index in [1.54, 1.807) is 20.2 Å². The Morgan fingerprint density at radius 3 is 2.59 bits per heavy atom. The van der Waals surface area contributed by atoms with Crippen molar-refractivity contribution in [2.75, 3.05) is 39.7 Å². The van der Waals surface area contributed by atoms with Crippen molar-refractivity contribution in [3.63, 3.8) is 0 Å². The fourth-order valence-electron chi connectivity index (χ4n) is 5.10. The van der Waals surface area contributed by atoms with Gasteiger partial charge in [0.05, 0.1) is 29.6 Å². The first-order valence-electron chi connectivity index (χ1n) is 13.4. The van der Waals surface area contributed by atoms with Gasteiger partial charge in [-0.1, -0.05) is 0 Å². The lowest BCUT2D eigenvalue weighted by Crippen LogP contribution is -2.28. The van der Waals surface area contributed by atoms with E-state index < -0.39 is 0 Å². The minimum Gasteiger partial charge on any atom is -0.494 e. The number of aromatic nitrogens is 3. The Morgan fingerprint density at radius 1 is 1.12 bits per heavy atom. The average Bonchev–Trinajstić information content (AvgIpc) is 3.74. The fraction of sp³-hybridized carbons (Fsp3) is 0.367. The number of hydrogen-bond donors (Lipinski definition) is 1. The number of furan rings is 1. The summed E-state index contributed by atoms with van der Waals surface area (Å²) in [6, 6.07) is 9.86. The fourth-order valence-corrected chi connectivity index (χ4v) is 5.10. The first kappa shape index (κ1) is 28.3. The maximum Gasteiger partial charge on any atom is 0.255 e. The van der Waals surface area contributed by atoms with Crippen molar-refractivity contribution >= 4 is 35.1 Å². The molecule has 0 spiro atoms. The standard InChI is InChI=1S/C30H30N6O4.ClH/c1-36(2)30(37)18-12-25(38-3)28(33-15-18)26-13-23-29(40-26)27(20(16-32-23)17-4-5-17)22-7-6-21(24(14-31)35-22)34-19-8-10-39-11-9-19;/h6-7,12-13,15-17,19,34H,4-5,8-11H2,1-3H3;1H. The Kier molecular flexibility index (Phi) is 8.10. The average molecular weight is 575 g/mol. The number of amides is 1. The van der Waals surface area contributed by atoms with Crippen LogP contribution in [0.1, 0.15) is 53.2 Å². The van der Waals surface area contributed by atoms with Crippen molar-refractivity contribution in [3.8, 4) is 34.5 Å². The van der Waals surface area contributed by atoms with E-state index in [2.05, 4.69) is 16.4 Å². The molecular weight excluding hydrogens is 544 g/mol. The van der Waals surface area contributed by atoms with Gasteiger partial charge in [-0.3, -0.25) is 9.78 Å². The second-order valence-electron chi connectivity index (χ2n) is 10.4. The summed E-state index contributed by atoms with van der Waals surface area (Å²) in [7, 11) is 4.91. The molecule has 0 radical (unpaired) electrons. The highest BCUT2D eigenvalue weighted by molar-refractivity contribution is 5.96. The molecule has 2 aliphatic rings. The molecule has 0 aromatic carbocycles. The quantitative estimate of drug-likeness (QED) is 0.307. The highest BCUT2D eigenvalue weighted by Gasteiger charge is 2.31. The zero-order valence-corrected chi connectivity index (χ0v) is 24.0. The molecule has 41 heavy (non-hydrogen) atoms. The van der Waals surface area contributed by atoms with Crippen LogP contribution in [0.4, 0.5) is 5.69 Å². The van der Waals surface area contributed by atoms with Crippen LogP contribution >= 0.6 is 12.4 Å². The molecule has 212 valence electrons. The maximum atomic E-state index is 12.5. The number of nitriles is 1. The lowest BCUT2D eigenvalue weighted by Gasteiger charge is -2.24. The van der Waals surface area contributed by atoms with Gasteiger partial charge in [0.1, 0.15) is 23.0 Å². The van der Waals surface area contributed by atoms with Crippen LogP contribution < -0.4 is 10.1 Å². The van der Waals surface area contributed by atoms with E-state index in [9.17, 15) is 10.1 Å². The molecule has 1 aliphatic heterocycles. The number of nitrogens with one attached hydrogen (secondary N) is 1. The van der Waals surface area contributed by atoms with Crippen molar-refractivity contribution in [1.82, 2.24) is 19.9 Å². The van der Waals surface area contributed by atoms with Crippen molar-refractivity contribution in [1.29, 1.82) is 5.26 Å². The Balaban J connectivity index is 0.00000337. The molecular formula is C30H31ClN6O4. The van der Waals surface area contributed by atoms with Gasteiger partial charge >= 0.3 is 0 Å². The van der Waals surface area contributed by atoms with E-state index in [0.717, 1.165) is 42.5 Å². The van der Waals surface area contributed by atoms with E-state index >= 15 is 0 Å². The normalized spacial score (nSPS) is 15.2. The minimum absolute atomic E-state index is 0. The Bertz CT molecular complexity index is 1640. The molecule has 0 atom stereocenters. The third-order valence-electron chi connectivity index (χ3n) is 7.39. The van der Waals surface area contributed by atoms with Crippen LogP contribution in [0.25, 0.3) is 33.8 Å². The Labute approximate surface area is 244 Å². The number of ether oxygens (including phenoxy) is 2. The molecule has 1 N–H and O–H groups in total. The molecule has 1 aliphatic carbocycles. The molecule has 10 nitrogen and oxygen atoms in total. The number of hydrogen-bond acceptors (Lipinski definition) is 9. The second-order valence-corrected chi connectivity index (χ2v) is 10.4. The van der Waals surface area contributed by atoms with Crippen molar-refractivity contribution in [3.05, 3.63) is 53.5 Å². The lowest BCUT2D eigenvalue weighted by atomic mass is 10.0. The van der Waals surface area contributed by atoms with Crippen molar-refractivity contribution in [2.24, 2.45) is 0 Å². The van der Waals surface area contributed by atoms with Gasteiger partial charge in [0, 0.05) is 51.8 Å². The van der Waals surface area contributed by atoms with Gasteiger partial charge in [-0.05, 0) is 55.4 Å². The van der Waals surface area contributed by atoms with E-state index in [4.69, 9.17) is 23.9 Å². The number of fused-ring (bicyclic) bond motifs is 1. The smallest absolute Gasteiger partial charge is 0.255 e. The SMILES string of the molecule is COc1cc(C(=O)N(C)C)cnc1-c1cc2ncc(C3CC3)c(-c3ccc(NC4CCOCC4)c(C#N)n3)c2o1.Cl. The predicted octanol–water partition coefficient (Wildman–Crippen LogP) is 5.42. The number of halogens is 1. The van der Waals surface area contributed by atoms with Gasteiger partial charge < -0.3 is 24.1 Å². The number of anilines is 1. The van der Waals surface area contributed by atoms with Gasteiger partial charge in [-0.25, -0.2) is 9.97 Å². The van der Waals surface area contributed by atoms with Crippen molar-refractivity contribution in [2.45, 2.75) is 37.6 Å². The molecule has 0 unspecified atom stereocenters. The van der Waals surface area contributed by atoms with Crippen LogP contribution in [-0.2, 0) is 4.74 Å². The first-order valence-corrected chi connectivity index (χ1v) is 13.4. The van der Waals surface area contributed by atoms with E-state index in [0.29, 0.717) is 64.4 Å². The summed E-state index contributed by atoms with van der Waals surface area (Å²) in [6.45, 7) is 1.42. The maximum absolute atomic E-state index is 12.5. The van der Waals surface area contributed by atoms with Crippen LogP contribution in [-0.4, -0.2) is 66.2 Å². The van der Waals surface area contributed by atoms with Gasteiger partial charge in [-0.15, -0.1) is 12.4 Å². The topological polar surface area (TPSA) is 126 Å². The van der Waals surface area contributed by atoms with Gasteiger partial charge in [-0.2, -0.15) is 5.26 Å². The summed E-state index contributed by atoms with van der Waals surface area (Å²) in [4.78, 5) is 27.9. The van der Waals surface area contributed by atoms with Crippen LogP contribution in [0.15, 0.2) is 41.1 Å². The van der Waals surface area contributed by atoms with E-state index in [1.807, 2.05) is 24.4 Å². The summed E-state index contributed by atoms with van der Waals surface area (Å²) in [5.74, 6) is 1.09. The summed E-state index contributed by atoms with van der Waals surface area (Å²) in [6.07, 6.45) is 7.32. The number of pyridine rings is 3. The monoisotopic (exact) mass is 574 g/mol. The number of nitrogens with zero attached hydrogens (tertiary/aromatic N) is 5. The molecule has 5 heterocycles. The van der Waals surface area contributed by atoms with Gasteiger partial charge in [0.2, 0.25) is 0 Å². The van der Waals surface area contributed by atoms with E-state index in [-0.39, 0.29) is 24.4 Å².